The van der Waals surface area contributed by atoms with Crippen LogP contribution in [0.3, 0.4) is 0 Å². The average molecular weight is 270 g/mol. The standard InChI is InChI=1S/C15H14N2OS/c1-2-18-13-9-14-12(8-11(13)16)17-15(19-14)10-6-4-3-5-7-10/h3-9H,2,16H2,1H3. The van der Waals surface area contributed by atoms with Gasteiger partial charge in [0, 0.05) is 11.6 Å². The third-order valence-corrected chi connectivity index (χ3v) is 3.91. The summed E-state index contributed by atoms with van der Waals surface area (Å²) in [5.41, 5.74) is 8.64. The summed E-state index contributed by atoms with van der Waals surface area (Å²) in [6.07, 6.45) is 0. The molecule has 3 aromatic rings. The molecular weight excluding hydrogens is 256 g/mol. The minimum atomic E-state index is 0.611. The highest BCUT2D eigenvalue weighted by molar-refractivity contribution is 7.21. The van der Waals surface area contributed by atoms with E-state index in [1.807, 2.05) is 37.3 Å². The number of ether oxygens (including phenoxy) is 1. The molecule has 96 valence electrons. The number of anilines is 1. The summed E-state index contributed by atoms with van der Waals surface area (Å²) in [4.78, 5) is 4.63. The number of benzene rings is 2. The molecule has 0 aliphatic heterocycles. The van der Waals surface area contributed by atoms with Crippen molar-refractivity contribution in [3.05, 3.63) is 42.5 Å². The third-order valence-electron chi connectivity index (χ3n) is 2.84. The fourth-order valence-electron chi connectivity index (χ4n) is 1.96. The molecule has 2 N–H and O–H groups in total. The van der Waals surface area contributed by atoms with E-state index in [2.05, 4.69) is 17.1 Å². The van der Waals surface area contributed by atoms with Crippen molar-refractivity contribution in [2.45, 2.75) is 6.92 Å². The summed E-state index contributed by atoms with van der Waals surface area (Å²) in [6.45, 7) is 2.56. The van der Waals surface area contributed by atoms with Crippen molar-refractivity contribution in [1.29, 1.82) is 0 Å². The van der Waals surface area contributed by atoms with Gasteiger partial charge >= 0.3 is 0 Å². The molecule has 0 saturated heterocycles. The lowest BCUT2D eigenvalue weighted by molar-refractivity contribution is 0.342. The Balaban J connectivity index is 2.11. The normalized spacial score (nSPS) is 10.8. The second-order valence-corrected chi connectivity index (χ2v) is 5.21. The maximum atomic E-state index is 5.96. The smallest absolute Gasteiger partial charge is 0.143 e. The van der Waals surface area contributed by atoms with Gasteiger partial charge in [0.2, 0.25) is 0 Å². The first kappa shape index (κ1) is 12.0. The van der Waals surface area contributed by atoms with Crippen LogP contribution in [0.1, 0.15) is 6.92 Å². The molecule has 3 nitrogen and oxygen atoms in total. The van der Waals surface area contributed by atoms with Crippen molar-refractivity contribution in [3.63, 3.8) is 0 Å². The lowest BCUT2D eigenvalue weighted by Gasteiger charge is -2.05. The second kappa shape index (κ2) is 4.90. The highest BCUT2D eigenvalue weighted by Crippen LogP contribution is 2.35. The number of thiazole rings is 1. The van der Waals surface area contributed by atoms with Gasteiger partial charge in [-0.2, -0.15) is 0 Å². The number of aromatic nitrogens is 1. The Kier molecular flexibility index (Phi) is 3.09. The zero-order valence-electron chi connectivity index (χ0n) is 10.6. The van der Waals surface area contributed by atoms with Crippen LogP contribution in [0.15, 0.2) is 42.5 Å². The largest absolute Gasteiger partial charge is 0.492 e. The predicted octanol–water partition coefficient (Wildman–Crippen LogP) is 3.94. The van der Waals surface area contributed by atoms with Crippen molar-refractivity contribution in [2.24, 2.45) is 0 Å². The quantitative estimate of drug-likeness (QED) is 0.733. The first-order valence-electron chi connectivity index (χ1n) is 6.16. The summed E-state index contributed by atoms with van der Waals surface area (Å²) in [6, 6.07) is 14.0. The number of fused-ring (bicyclic) bond motifs is 1. The van der Waals surface area contributed by atoms with E-state index in [0.717, 1.165) is 26.5 Å². The van der Waals surface area contributed by atoms with Gasteiger partial charge in [-0.1, -0.05) is 30.3 Å². The molecule has 0 bridgehead atoms. The van der Waals surface area contributed by atoms with Crippen LogP contribution >= 0.6 is 11.3 Å². The Hall–Kier alpha value is -2.07. The Morgan fingerprint density at radius 3 is 2.74 bits per heavy atom. The van der Waals surface area contributed by atoms with E-state index >= 15 is 0 Å². The SMILES string of the molecule is CCOc1cc2sc(-c3ccccc3)nc2cc1N. The molecule has 19 heavy (non-hydrogen) atoms. The molecule has 0 atom stereocenters. The Bertz CT molecular complexity index is 707. The second-order valence-electron chi connectivity index (χ2n) is 4.18. The highest BCUT2D eigenvalue weighted by atomic mass is 32.1. The molecule has 0 spiro atoms. The molecule has 0 amide bonds. The monoisotopic (exact) mass is 270 g/mol. The minimum Gasteiger partial charge on any atom is -0.492 e. The highest BCUT2D eigenvalue weighted by Gasteiger charge is 2.09. The summed E-state index contributed by atoms with van der Waals surface area (Å²) in [5, 5.41) is 1.00. The van der Waals surface area contributed by atoms with E-state index < -0.39 is 0 Å². The van der Waals surface area contributed by atoms with E-state index in [1.54, 1.807) is 11.3 Å². The molecule has 0 saturated carbocycles. The number of nitrogens with zero attached hydrogens (tertiary/aromatic N) is 1. The van der Waals surface area contributed by atoms with Gasteiger partial charge in [0.15, 0.2) is 0 Å². The van der Waals surface area contributed by atoms with Gasteiger partial charge < -0.3 is 10.5 Å². The van der Waals surface area contributed by atoms with Crippen LogP contribution < -0.4 is 10.5 Å². The molecule has 1 aromatic heterocycles. The number of nitrogen functional groups attached to an aromatic ring is 1. The molecule has 0 unspecified atom stereocenters. The summed E-state index contributed by atoms with van der Waals surface area (Å²) < 4.78 is 6.61. The summed E-state index contributed by atoms with van der Waals surface area (Å²) in [5.74, 6) is 0.735. The molecular formula is C15H14N2OS. The third kappa shape index (κ3) is 2.27. The lowest BCUT2D eigenvalue weighted by atomic mass is 10.2. The summed E-state index contributed by atoms with van der Waals surface area (Å²) >= 11 is 1.65. The van der Waals surface area contributed by atoms with Gasteiger partial charge in [0.1, 0.15) is 10.8 Å². The topological polar surface area (TPSA) is 48.1 Å². The van der Waals surface area contributed by atoms with Crippen LogP contribution in [-0.2, 0) is 0 Å². The van der Waals surface area contributed by atoms with Crippen molar-refractivity contribution in [1.82, 2.24) is 4.98 Å². The van der Waals surface area contributed by atoms with Gasteiger partial charge in [0.25, 0.3) is 0 Å². The zero-order chi connectivity index (χ0) is 13.2. The number of hydrogen-bond donors (Lipinski definition) is 1. The van der Waals surface area contributed by atoms with Crippen molar-refractivity contribution >= 4 is 27.2 Å². The van der Waals surface area contributed by atoms with Gasteiger partial charge in [-0.05, 0) is 13.0 Å². The number of rotatable bonds is 3. The molecule has 0 radical (unpaired) electrons. The Morgan fingerprint density at radius 1 is 1.21 bits per heavy atom. The van der Waals surface area contributed by atoms with E-state index in [-0.39, 0.29) is 0 Å². The molecule has 1 heterocycles. The van der Waals surface area contributed by atoms with Crippen LogP contribution in [0.25, 0.3) is 20.8 Å². The van der Waals surface area contributed by atoms with Crippen LogP contribution in [0.5, 0.6) is 5.75 Å². The van der Waals surface area contributed by atoms with Crippen LogP contribution in [0.4, 0.5) is 5.69 Å². The van der Waals surface area contributed by atoms with E-state index in [4.69, 9.17) is 10.5 Å². The number of hydrogen-bond acceptors (Lipinski definition) is 4. The average Bonchev–Trinajstić information content (AvgIpc) is 2.83. The zero-order valence-corrected chi connectivity index (χ0v) is 11.4. The number of nitrogens with two attached hydrogens (primary N) is 1. The molecule has 2 aromatic carbocycles. The molecule has 0 fully saturated rings. The molecule has 4 heteroatoms. The van der Waals surface area contributed by atoms with Crippen LogP contribution in [0.2, 0.25) is 0 Å². The first-order valence-corrected chi connectivity index (χ1v) is 6.98. The predicted molar refractivity (Wildman–Crippen MR) is 80.6 cm³/mol. The van der Waals surface area contributed by atoms with Gasteiger partial charge in [-0.3, -0.25) is 0 Å². The van der Waals surface area contributed by atoms with E-state index in [0.29, 0.717) is 12.3 Å². The Labute approximate surface area is 115 Å². The molecule has 3 rings (SSSR count). The van der Waals surface area contributed by atoms with Gasteiger partial charge in [0.05, 0.1) is 22.5 Å². The fraction of sp³-hybridized carbons (Fsp3) is 0.133. The Morgan fingerprint density at radius 2 is 2.00 bits per heavy atom. The summed E-state index contributed by atoms with van der Waals surface area (Å²) in [7, 11) is 0. The molecule has 0 aliphatic carbocycles. The van der Waals surface area contributed by atoms with Crippen molar-refractivity contribution < 1.29 is 4.74 Å². The van der Waals surface area contributed by atoms with Gasteiger partial charge in [-0.25, -0.2) is 4.98 Å². The first-order chi connectivity index (χ1) is 9.28. The van der Waals surface area contributed by atoms with Crippen molar-refractivity contribution in [2.75, 3.05) is 12.3 Å². The lowest BCUT2D eigenvalue weighted by Crippen LogP contribution is -1.96. The maximum absolute atomic E-state index is 5.96. The van der Waals surface area contributed by atoms with Gasteiger partial charge in [-0.15, -0.1) is 11.3 Å². The van der Waals surface area contributed by atoms with Crippen LogP contribution in [-0.4, -0.2) is 11.6 Å². The van der Waals surface area contributed by atoms with E-state index in [1.165, 1.54) is 0 Å². The fourth-order valence-corrected chi connectivity index (χ4v) is 2.94. The minimum absolute atomic E-state index is 0.611. The van der Waals surface area contributed by atoms with E-state index in [9.17, 15) is 0 Å². The molecule has 0 aliphatic rings. The van der Waals surface area contributed by atoms with Crippen LogP contribution in [0, 0.1) is 0 Å². The maximum Gasteiger partial charge on any atom is 0.143 e. The van der Waals surface area contributed by atoms with Crippen molar-refractivity contribution in [3.8, 4) is 16.3 Å².